The second-order valence-electron chi connectivity index (χ2n) is 7.84. The van der Waals surface area contributed by atoms with Gasteiger partial charge in [0.2, 0.25) is 11.8 Å². The van der Waals surface area contributed by atoms with Crippen LogP contribution in [0.4, 0.5) is 0 Å². The lowest BCUT2D eigenvalue weighted by molar-refractivity contribution is -0.141. The molecule has 168 valence electrons. The maximum Gasteiger partial charge on any atom is 0.242 e. The summed E-state index contributed by atoms with van der Waals surface area (Å²) in [6.45, 7) is 7.62. The van der Waals surface area contributed by atoms with E-state index in [2.05, 4.69) is 12.2 Å². The average molecular weight is 425 g/mol. The van der Waals surface area contributed by atoms with E-state index >= 15 is 0 Å². The van der Waals surface area contributed by atoms with E-state index in [-0.39, 0.29) is 11.8 Å². The number of para-hydroxylation sites is 1. The van der Waals surface area contributed by atoms with Gasteiger partial charge in [-0.25, -0.2) is 0 Å². The van der Waals surface area contributed by atoms with Gasteiger partial charge in [-0.3, -0.25) is 9.59 Å². The SMILES string of the molecule is CCCCNC(=O)[C@@H](CC)N(Cc1ccc(C)cc1)C(=O)CCCOc1ccccc1. The topological polar surface area (TPSA) is 58.6 Å². The van der Waals surface area contributed by atoms with Crippen molar-refractivity contribution in [2.75, 3.05) is 13.2 Å². The smallest absolute Gasteiger partial charge is 0.242 e. The normalized spacial score (nSPS) is 11.6. The van der Waals surface area contributed by atoms with Crippen molar-refractivity contribution >= 4 is 11.8 Å². The maximum atomic E-state index is 13.2. The molecule has 2 amide bonds. The first-order chi connectivity index (χ1) is 15.0. The van der Waals surface area contributed by atoms with Crippen molar-refractivity contribution in [2.24, 2.45) is 0 Å². The fourth-order valence-corrected chi connectivity index (χ4v) is 3.39. The van der Waals surface area contributed by atoms with E-state index in [1.165, 1.54) is 5.56 Å². The highest BCUT2D eigenvalue weighted by Gasteiger charge is 2.28. The molecule has 0 fully saturated rings. The van der Waals surface area contributed by atoms with Crippen molar-refractivity contribution in [3.8, 4) is 5.75 Å². The van der Waals surface area contributed by atoms with Crippen LogP contribution in [0, 0.1) is 6.92 Å². The number of unbranched alkanes of at least 4 members (excludes halogenated alkanes) is 1. The molecule has 1 N–H and O–H groups in total. The number of hydrogen-bond donors (Lipinski definition) is 1. The summed E-state index contributed by atoms with van der Waals surface area (Å²) in [5.41, 5.74) is 2.20. The first kappa shape index (κ1) is 24.4. The molecule has 5 heteroatoms. The van der Waals surface area contributed by atoms with Gasteiger partial charge in [0.05, 0.1) is 6.61 Å². The molecule has 0 aromatic heterocycles. The summed E-state index contributed by atoms with van der Waals surface area (Å²) in [4.78, 5) is 27.7. The van der Waals surface area contributed by atoms with Crippen LogP contribution in [-0.2, 0) is 16.1 Å². The van der Waals surface area contributed by atoms with Crippen molar-refractivity contribution in [1.82, 2.24) is 10.2 Å². The summed E-state index contributed by atoms with van der Waals surface area (Å²) in [5.74, 6) is 0.708. The second kappa shape index (κ2) is 13.5. The number of nitrogens with one attached hydrogen (secondary N) is 1. The fourth-order valence-electron chi connectivity index (χ4n) is 3.39. The van der Waals surface area contributed by atoms with E-state index in [1.807, 2.05) is 68.4 Å². The predicted molar refractivity (Wildman–Crippen MR) is 125 cm³/mol. The Hall–Kier alpha value is -2.82. The molecule has 0 radical (unpaired) electrons. The molecule has 31 heavy (non-hydrogen) atoms. The maximum absolute atomic E-state index is 13.2. The van der Waals surface area contributed by atoms with Gasteiger partial charge in [-0.1, -0.05) is 68.3 Å². The molecule has 0 unspecified atom stereocenters. The third kappa shape index (κ3) is 8.44. The lowest BCUT2D eigenvalue weighted by atomic mass is 10.1. The highest BCUT2D eigenvalue weighted by molar-refractivity contribution is 5.87. The Labute approximate surface area is 186 Å². The zero-order valence-electron chi connectivity index (χ0n) is 19.1. The second-order valence-corrected chi connectivity index (χ2v) is 7.84. The van der Waals surface area contributed by atoms with Gasteiger partial charge in [-0.15, -0.1) is 0 Å². The molecule has 2 aromatic rings. The van der Waals surface area contributed by atoms with Crippen molar-refractivity contribution in [3.63, 3.8) is 0 Å². The predicted octanol–water partition coefficient (Wildman–Crippen LogP) is 4.88. The highest BCUT2D eigenvalue weighted by Crippen LogP contribution is 2.16. The Morgan fingerprint density at radius 3 is 2.35 bits per heavy atom. The minimum absolute atomic E-state index is 0.0188. The van der Waals surface area contributed by atoms with Gasteiger partial charge in [0.15, 0.2) is 0 Å². The number of carbonyl (C=O) groups is 2. The molecule has 0 spiro atoms. The van der Waals surface area contributed by atoms with Crippen LogP contribution in [0.25, 0.3) is 0 Å². The van der Waals surface area contributed by atoms with Gasteiger partial charge in [0, 0.05) is 19.5 Å². The third-order valence-corrected chi connectivity index (χ3v) is 5.24. The van der Waals surface area contributed by atoms with Gasteiger partial charge in [-0.2, -0.15) is 0 Å². The minimum Gasteiger partial charge on any atom is -0.494 e. The molecule has 0 aliphatic heterocycles. The summed E-state index contributed by atoms with van der Waals surface area (Å²) in [6.07, 6.45) is 3.48. The number of amides is 2. The highest BCUT2D eigenvalue weighted by atomic mass is 16.5. The van der Waals surface area contributed by atoms with Crippen LogP contribution in [0.1, 0.15) is 57.1 Å². The van der Waals surface area contributed by atoms with Crippen LogP contribution < -0.4 is 10.1 Å². The van der Waals surface area contributed by atoms with Gasteiger partial charge in [-0.05, 0) is 43.9 Å². The molecular weight excluding hydrogens is 388 g/mol. The van der Waals surface area contributed by atoms with Crippen molar-refractivity contribution in [3.05, 3.63) is 65.7 Å². The lowest BCUT2D eigenvalue weighted by Crippen LogP contribution is -2.49. The molecule has 0 heterocycles. The third-order valence-electron chi connectivity index (χ3n) is 5.24. The molecule has 1 atom stereocenters. The van der Waals surface area contributed by atoms with E-state index in [4.69, 9.17) is 4.74 Å². The molecule has 5 nitrogen and oxygen atoms in total. The molecule has 0 saturated carbocycles. The number of nitrogens with zero attached hydrogens (tertiary/aromatic N) is 1. The van der Waals surface area contributed by atoms with Crippen LogP contribution in [0.2, 0.25) is 0 Å². The standard InChI is InChI=1S/C26H36N2O3/c1-4-6-18-27-26(30)24(5-2)28(20-22-16-14-21(3)15-17-22)25(29)13-10-19-31-23-11-8-7-9-12-23/h7-9,11-12,14-17,24H,4-6,10,13,18-20H2,1-3H3,(H,27,30)/t24-/m1/s1. The Bertz CT molecular complexity index is 790. The van der Waals surface area contributed by atoms with Crippen LogP contribution >= 0.6 is 0 Å². The Kier molecular flexibility index (Phi) is 10.6. The fraction of sp³-hybridized carbons (Fsp3) is 0.462. The quantitative estimate of drug-likeness (QED) is 0.466. The van der Waals surface area contributed by atoms with Gasteiger partial charge in [0.25, 0.3) is 0 Å². The molecule has 0 saturated heterocycles. The number of carbonyl (C=O) groups excluding carboxylic acids is 2. The van der Waals surface area contributed by atoms with Crippen LogP contribution in [0.3, 0.4) is 0 Å². The zero-order chi connectivity index (χ0) is 22.5. The van der Waals surface area contributed by atoms with E-state index < -0.39 is 6.04 Å². The summed E-state index contributed by atoms with van der Waals surface area (Å²) in [6, 6.07) is 17.2. The number of ether oxygens (including phenoxy) is 1. The van der Waals surface area contributed by atoms with E-state index in [1.54, 1.807) is 4.90 Å². The van der Waals surface area contributed by atoms with Crippen LogP contribution in [-0.4, -0.2) is 35.9 Å². The van der Waals surface area contributed by atoms with Crippen molar-refractivity contribution in [1.29, 1.82) is 0 Å². The first-order valence-electron chi connectivity index (χ1n) is 11.4. The molecular formula is C26H36N2O3. The Morgan fingerprint density at radius 2 is 1.71 bits per heavy atom. The lowest BCUT2D eigenvalue weighted by Gasteiger charge is -2.31. The number of benzene rings is 2. The molecule has 2 rings (SSSR count). The summed E-state index contributed by atoms with van der Waals surface area (Å²) in [5, 5.41) is 3.00. The first-order valence-corrected chi connectivity index (χ1v) is 11.4. The van der Waals surface area contributed by atoms with Crippen LogP contribution in [0.5, 0.6) is 5.75 Å². The summed E-state index contributed by atoms with van der Waals surface area (Å²) >= 11 is 0. The molecule has 0 aliphatic carbocycles. The molecule has 2 aromatic carbocycles. The Balaban J connectivity index is 2.02. The van der Waals surface area contributed by atoms with Gasteiger partial charge < -0.3 is 15.0 Å². The van der Waals surface area contributed by atoms with Crippen molar-refractivity contribution < 1.29 is 14.3 Å². The largest absolute Gasteiger partial charge is 0.494 e. The number of aryl methyl sites for hydroxylation is 1. The van der Waals surface area contributed by atoms with Gasteiger partial charge in [0.1, 0.15) is 11.8 Å². The average Bonchev–Trinajstić information content (AvgIpc) is 2.78. The molecule has 0 aliphatic rings. The van der Waals surface area contributed by atoms with Crippen molar-refractivity contribution in [2.45, 2.75) is 65.5 Å². The van der Waals surface area contributed by atoms with Crippen LogP contribution in [0.15, 0.2) is 54.6 Å². The Morgan fingerprint density at radius 1 is 1.00 bits per heavy atom. The summed E-state index contributed by atoms with van der Waals surface area (Å²) in [7, 11) is 0. The molecule has 0 bridgehead atoms. The summed E-state index contributed by atoms with van der Waals surface area (Å²) < 4.78 is 5.72. The minimum atomic E-state index is -0.472. The zero-order valence-corrected chi connectivity index (χ0v) is 19.1. The van der Waals surface area contributed by atoms with Gasteiger partial charge >= 0.3 is 0 Å². The monoisotopic (exact) mass is 424 g/mol. The number of hydrogen-bond acceptors (Lipinski definition) is 3. The number of rotatable bonds is 13. The van der Waals surface area contributed by atoms with E-state index in [0.717, 1.165) is 24.2 Å². The van der Waals surface area contributed by atoms with E-state index in [0.29, 0.717) is 39.0 Å². The van der Waals surface area contributed by atoms with E-state index in [9.17, 15) is 9.59 Å².